The second-order valence-corrected chi connectivity index (χ2v) is 4.38. The first-order valence-corrected chi connectivity index (χ1v) is 6.24. The van der Waals surface area contributed by atoms with E-state index < -0.39 is 12.0 Å². The monoisotopic (exact) mass is 283 g/mol. The molecule has 0 amide bonds. The van der Waals surface area contributed by atoms with Crippen molar-refractivity contribution in [3.8, 4) is 11.5 Å². The molecule has 1 unspecified atom stereocenters. The maximum Gasteiger partial charge on any atom is 0.303 e. The van der Waals surface area contributed by atoms with Crippen LogP contribution in [0.15, 0.2) is 12.1 Å². The zero-order valence-electron chi connectivity index (χ0n) is 12.0. The number of hydrogen-bond acceptors (Lipinski definition) is 5. The van der Waals surface area contributed by atoms with Crippen molar-refractivity contribution in [3.63, 3.8) is 0 Å². The average molecular weight is 283 g/mol. The molecule has 0 aromatic heterocycles. The lowest BCUT2D eigenvalue weighted by atomic mass is 9.97. The molecule has 1 atom stereocenters. The summed E-state index contributed by atoms with van der Waals surface area (Å²) in [6.45, 7) is 0.371. The summed E-state index contributed by atoms with van der Waals surface area (Å²) in [7, 11) is 4.68. The summed E-state index contributed by atoms with van der Waals surface area (Å²) in [6, 6.07) is 3.19. The van der Waals surface area contributed by atoms with E-state index in [0.29, 0.717) is 24.5 Å². The van der Waals surface area contributed by atoms with Crippen LogP contribution in [-0.4, -0.2) is 32.4 Å². The third-order valence-electron chi connectivity index (χ3n) is 3.01. The first-order valence-electron chi connectivity index (χ1n) is 6.24. The van der Waals surface area contributed by atoms with Gasteiger partial charge in [0.2, 0.25) is 0 Å². The van der Waals surface area contributed by atoms with Gasteiger partial charge in [-0.25, -0.2) is 0 Å². The number of carboxylic acids is 1. The topological polar surface area (TPSA) is 91.0 Å². The lowest BCUT2D eigenvalue weighted by molar-refractivity contribution is -0.137. The van der Waals surface area contributed by atoms with Gasteiger partial charge in [0.15, 0.2) is 11.5 Å². The lowest BCUT2D eigenvalue weighted by Crippen LogP contribution is -2.15. The summed E-state index contributed by atoms with van der Waals surface area (Å²) in [4.78, 5) is 10.6. The van der Waals surface area contributed by atoms with Crippen molar-refractivity contribution in [1.82, 2.24) is 0 Å². The molecule has 0 heterocycles. The van der Waals surface area contributed by atoms with Crippen LogP contribution in [0.4, 0.5) is 0 Å². The zero-order chi connectivity index (χ0) is 15.1. The molecule has 1 aromatic carbocycles. The highest BCUT2D eigenvalue weighted by Gasteiger charge is 2.17. The SMILES string of the molecule is COCc1cc(OC)c(OC)cc1C(N)CCC(=O)O. The van der Waals surface area contributed by atoms with Gasteiger partial charge in [0.1, 0.15) is 0 Å². The molecule has 0 fully saturated rings. The highest BCUT2D eigenvalue weighted by Crippen LogP contribution is 2.34. The molecule has 0 aliphatic heterocycles. The van der Waals surface area contributed by atoms with Crippen molar-refractivity contribution in [2.45, 2.75) is 25.5 Å². The number of hydrogen-bond donors (Lipinski definition) is 2. The number of carboxylic acid groups (broad SMARTS) is 1. The Balaban J connectivity index is 3.10. The summed E-state index contributed by atoms with van der Waals surface area (Å²) in [5, 5.41) is 8.74. The van der Waals surface area contributed by atoms with E-state index in [1.165, 1.54) is 0 Å². The van der Waals surface area contributed by atoms with Gasteiger partial charge in [-0.3, -0.25) is 4.79 Å². The molecule has 6 heteroatoms. The Labute approximate surface area is 118 Å². The second-order valence-electron chi connectivity index (χ2n) is 4.38. The molecule has 3 N–H and O–H groups in total. The molecule has 112 valence electrons. The standard InChI is InChI=1S/C14H21NO5/c1-18-8-9-6-12(19-2)13(20-3)7-10(9)11(15)4-5-14(16)17/h6-7,11H,4-5,8,15H2,1-3H3,(H,16,17). The van der Waals surface area contributed by atoms with Gasteiger partial charge in [0.05, 0.1) is 20.8 Å². The largest absolute Gasteiger partial charge is 0.493 e. The predicted molar refractivity (Wildman–Crippen MR) is 74.1 cm³/mol. The van der Waals surface area contributed by atoms with Crippen LogP contribution >= 0.6 is 0 Å². The predicted octanol–water partition coefficient (Wildman–Crippen LogP) is 1.71. The van der Waals surface area contributed by atoms with Gasteiger partial charge < -0.3 is 25.1 Å². The minimum Gasteiger partial charge on any atom is -0.493 e. The van der Waals surface area contributed by atoms with Crippen LogP contribution in [0.1, 0.15) is 30.0 Å². The quantitative estimate of drug-likeness (QED) is 0.754. The normalized spacial score (nSPS) is 12.0. The number of nitrogens with two attached hydrogens (primary N) is 1. The molecule has 0 aliphatic rings. The Morgan fingerprint density at radius 2 is 1.85 bits per heavy atom. The van der Waals surface area contributed by atoms with Gasteiger partial charge in [0.25, 0.3) is 0 Å². The molecular formula is C14H21NO5. The fraction of sp³-hybridized carbons (Fsp3) is 0.500. The molecule has 0 spiro atoms. The molecule has 1 rings (SSSR count). The van der Waals surface area contributed by atoms with Gasteiger partial charge in [-0.1, -0.05) is 0 Å². The summed E-state index contributed by atoms with van der Waals surface area (Å²) in [5.41, 5.74) is 7.75. The Kier molecular flexibility index (Phi) is 6.27. The number of rotatable bonds is 8. The summed E-state index contributed by atoms with van der Waals surface area (Å²) in [6.07, 6.45) is 0.365. The third-order valence-corrected chi connectivity index (χ3v) is 3.01. The van der Waals surface area contributed by atoms with E-state index in [4.69, 9.17) is 25.1 Å². The molecule has 1 aromatic rings. The van der Waals surface area contributed by atoms with E-state index in [1.54, 1.807) is 33.5 Å². The second kappa shape index (κ2) is 7.72. The highest BCUT2D eigenvalue weighted by molar-refractivity contribution is 5.66. The molecule has 0 radical (unpaired) electrons. The van der Waals surface area contributed by atoms with Crippen molar-refractivity contribution in [2.24, 2.45) is 5.73 Å². The van der Waals surface area contributed by atoms with Crippen LogP contribution in [-0.2, 0) is 16.1 Å². The van der Waals surface area contributed by atoms with Crippen LogP contribution in [0.5, 0.6) is 11.5 Å². The van der Waals surface area contributed by atoms with Gasteiger partial charge in [0, 0.05) is 19.6 Å². The number of ether oxygens (including phenoxy) is 3. The minimum absolute atomic E-state index is 0.0158. The highest BCUT2D eigenvalue weighted by atomic mass is 16.5. The van der Waals surface area contributed by atoms with Gasteiger partial charge in [-0.15, -0.1) is 0 Å². The fourth-order valence-electron chi connectivity index (χ4n) is 2.00. The molecule has 0 saturated heterocycles. The molecule has 0 saturated carbocycles. The molecule has 20 heavy (non-hydrogen) atoms. The Bertz CT molecular complexity index is 461. The van der Waals surface area contributed by atoms with E-state index in [0.717, 1.165) is 11.1 Å². The maximum atomic E-state index is 10.6. The number of benzene rings is 1. The number of methoxy groups -OCH3 is 3. The van der Waals surface area contributed by atoms with E-state index in [1.807, 2.05) is 0 Å². The van der Waals surface area contributed by atoms with Crippen molar-refractivity contribution in [1.29, 1.82) is 0 Å². The smallest absolute Gasteiger partial charge is 0.303 e. The van der Waals surface area contributed by atoms with Crippen LogP contribution < -0.4 is 15.2 Å². The van der Waals surface area contributed by atoms with Crippen molar-refractivity contribution >= 4 is 5.97 Å². The Hall–Kier alpha value is -1.79. The first-order chi connectivity index (χ1) is 9.53. The molecular weight excluding hydrogens is 262 g/mol. The van der Waals surface area contributed by atoms with E-state index in [2.05, 4.69) is 0 Å². The van der Waals surface area contributed by atoms with Crippen molar-refractivity contribution in [2.75, 3.05) is 21.3 Å². The summed E-state index contributed by atoms with van der Waals surface area (Å²) < 4.78 is 15.6. The van der Waals surface area contributed by atoms with Crippen molar-refractivity contribution in [3.05, 3.63) is 23.3 Å². The van der Waals surface area contributed by atoms with Gasteiger partial charge in [-0.2, -0.15) is 0 Å². The third kappa shape index (κ3) is 4.11. The first kappa shape index (κ1) is 16.3. The van der Waals surface area contributed by atoms with Crippen LogP contribution in [0.3, 0.4) is 0 Å². The van der Waals surface area contributed by atoms with Crippen molar-refractivity contribution < 1.29 is 24.1 Å². The summed E-state index contributed by atoms with van der Waals surface area (Å²) >= 11 is 0. The molecule has 0 aliphatic carbocycles. The fourth-order valence-corrected chi connectivity index (χ4v) is 2.00. The average Bonchev–Trinajstić information content (AvgIpc) is 2.44. The molecule has 0 bridgehead atoms. The van der Waals surface area contributed by atoms with E-state index in [-0.39, 0.29) is 6.42 Å². The lowest BCUT2D eigenvalue weighted by Gasteiger charge is -2.19. The Morgan fingerprint density at radius 1 is 1.25 bits per heavy atom. The maximum absolute atomic E-state index is 10.6. The van der Waals surface area contributed by atoms with E-state index in [9.17, 15) is 4.79 Å². The van der Waals surface area contributed by atoms with E-state index >= 15 is 0 Å². The minimum atomic E-state index is -0.866. The van der Waals surface area contributed by atoms with Gasteiger partial charge >= 0.3 is 5.97 Å². The van der Waals surface area contributed by atoms with Crippen LogP contribution in [0, 0.1) is 0 Å². The summed E-state index contributed by atoms with van der Waals surface area (Å²) in [5.74, 6) is 0.288. The number of aliphatic carboxylic acids is 1. The van der Waals surface area contributed by atoms with Crippen LogP contribution in [0.2, 0.25) is 0 Å². The van der Waals surface area contributed by atoms with Crippen LogP contribution in [0.25, 0.3) is 0 Å². The molecule has 6 nitrogen and oxygen atoms in total. The van der Waals surface area contributed by atoms with Gasteiger partial charge in [-0.05, 0) is 29.7 Å². The zero-order valence-corrected chi connectivity index (χ0v) is 12.0. The number of carbonyl (C=O) groups is 1. The Morgan fingerprint density at radius 3 is 2.35 bits per heavy atom.